The standard InChI is InChI=1S/C14H22O4/c1-5-9-11-14(10-6-2,12(15)17-7-3)13(16)18-8-4/h6-8,10-11H2,1-4H3. The number of hydrogen-bond donors (Lipinski definition) is 0. The van der Waals surface area contributed by atoms with Crippen molar-refractivity contribution in [2.24, 2.45) is 5.41 Å². The second-order valence-electron chi connectivity index (χ2n) is 3.88. The van der Waals surface area contributed by atoms with Crippen LogP contribution in [0.3, 0.4) is 0 Å². The number of hydrogen-bond acceptors (Lipinski definition) is 4. The molecule has 0 heterocycles. The second kappa shape index (κ2) is 8.57. The minimum atomic E-state index is -1.27. The molecule has 0 aromatic heterocycles. The van der Waals surface area contributed by atoms with Crippen LogP contribution in [-0.4, -0.2) is 25.2 Å². The van der Waals surface area contributed by atoms with Gasteiger partial charge in [0, 0.05) is 6.42 Å². The van der Waals surface area contributed by atoms with Crippen molar-refractivity contribution in [1.29, 1.82) is 0 Å². The van der Waals surface area contributed by atoms with Crippen molar-refractivity contribution in [3.63, 3.8) is 0 Å². The summed E-state index contributed by atoms with van der Waals surface area (Å²) >= 11 is 0. The van der Waals surface area contributed by atoms with E-state index in [0.29, 0.717) is 12.8 Å². The Morgan fingerprint density at radius 3 is 1.89 bits per heavy atom. The summed E-state index contributed by atoms with van der Waals surface area (Å²) in [5, 5.41) is 0. The predicted octanol–water partition coefficient (Wildman–Crippen LogP) is 2.31. The summed E-state index contributed by atoms with van der Waals surface area (Å²) < 4.78 is 10.0. The van der Waals surface area contributed by atoms with Crippen molar-refractivity contribution in [1.82, 2.24) is 0 Å². The Kier molecular flexibility index (Phi) is 7.86. The van der Waals surface area contributed by atoms with Crippen LogP contribution in [0.2, 0.25) is 0 Å². The van der Waals surface area contributed by atoms with Gasteiger partial charge in [0.2, 0.25) is 0 Å². The summed E-state index contributed by atoms with van der Waals surface area (Å²) in [7, 11) is 0. The van der Waals surface area contributed by atoms with Crippen molar-refractivity contribution in [2.45, 2.75) is 47.0 Å². The Morgan fingerprint density at radius 2 is 1.56 bits per heavy atom. The second-order valence-corrected chi connectivity index (χ2v) is 3.88. The highest BCUT2D eigenvalue weighted by molar-refractivity contribution is 6.00. The summed E-state index contributed by atoms with van der Waals surface area (Å²) in [6.45, 7) is 7.49. The third-order valence-corrected chi connectivity index (χ3v) is 2.58. The molecule has 0 rings (SSSR count). The van der Waals surface area contributed by atoms with Crippen LogP contribution in [0.4, 0.5) is 0 Å². The zero-order valence-corrected chi connectivity index (χ0v) is 11.7. The molecule has 0 unspecified atom stereocenters. The van der Waals surface area contributed by atoms with Crippen molar-refractivity contribution in [2.75, 3.05) is 13.2 Å². The van der Waals surface area contributed by atoms with Gasteiger partial charge in [-0.3, -0.25) is 9.59 Å². The smallest absolute Gasteiger partial charge is 0.324 e. The van der Waals surface area contributed by atoms with E-state index < -0.39 is 17.4 Å². The number of ether oxygens (including phenoxy) is 2. The van der Waals surface area contributed by atoms with Gasteiger partial charge in [-0.2, -0.15) is 0 Å². The van der Waals surface area contributed by atoms with Gasteiger partial charge in [0.05, 0.1) is 13.2 Å². The number of carbonyl (C=O) groups is 2. The maximum absolute atomic E-state index is 12.1. The van der Waals surface area contributed by atoms with E-state index in [4.69, 9.17) is 9.47 Å². The maximum Gasteiger partial charge on any atom is 0.324 e. The van der Waals surface area contributed by atoms with Gasteiger partial charge in [0.1, 0.15) is 0 Å². The molecule has 0 saturated carbocycles. The van der Waals surface area contributed by atoms with Crippen molar-refractivity contribution in [3.8, 4) is 11.8 Å². The molecule has 0 N–H and O–H groups in total. The van der Waals surface area contributed by atoms with Crippen LogP contribution in [0, 0.1) is 17.3 Å². The Balaban J connectivity index is 5.29. The fraction of sp³-hybridized carbons (Fsp3) is 0.714. The zero-order valence-electron chi connectivity index (χ0n) is 11.7. The molecule has 0 atom stereocenters. The molecule has 18 heavy (non-hydrogen) atoms. The molecule has 0 aliphatic carbocycles. The normalized spacial score (nSPS) is 10.2. The molecule has 102 valence electrons. The maximum atomic E-state index is 12.1. The summed E-state index contributed by atoms with van der Waals surface area (Å²) in [4.78, 5) is 24.2. The van der Waals surface area contributed by atoms with Gasteiger partial charge in [-0.1, -0.05) is 13.3 Å². The summed E-state index contributed by atoms with van der Waals surface area (Å²) in [6.07, 6.45) is 1.22. The monoisotopic (exact) mass is 254 g/mol. The Labute approximate surface area is 109 Å². The average molecular weight is 254 g/mol. The third kappa shape index (κ3) is 4.06. The Morgan fingerprint density at radius 1 is 1.06 bits per heavy atom. The average Bonchev–Trinajstić information content (AvgIpc) is 2.35. The first kappa shape index (κ1) is 16.5. The minimum absolute atomic E-state index is 0.148. The molecule has 0 aliphatic heterocycles. The van der Waals surface area contributed by atoms with E-state index in [1.54, 1.807) is 20.8 Å². The van der Waals surface area contributed by atoms with Gasteiger partial charge in [-0.15, -0.1) is 11.8 Å². The van der Waals surface area contributed by atoms with E-state index in [-0.39, 0.29) is 19.6 Å². The van der Waals surface area contributed by atoms with Gasteiger partial charge in [0.15, 0.2) is 5.41 Å². The van der Waals surface area contributed by atoms with Gasteiger partial charge < -0.3 is 9.47 Å². The van der Waals surface area contributed by atoms with Crippen molar-refractivity contribution >= 4 is 11.9 Å². The van der Waals surface area contributed by atoms with Gasteiger partial charge in [0.25, 0.3) is 0 Å². The van der Waals surface area contributed by atoms with E-state index >= 15 is 0 Å². The van der Waals surface area contributed by atoms with Crippen molar-refractivity contribution in [3.05, 3.63) is 0 Å². The third-order valence-electron chi connectivity index (χ3n) is 2.58. The lowest BCUT2D eigenvalue weighted by molar-refractivity contribution is -0.172. The molecule has 0 radical (unpaired) electrons. The number of esters is 2. The predicted molar refractivity (Wildman–Crippen MR) is 68.7 cm³/mol. The largest absolute Gasteiger partial charge is 0.465 e. The molecule has 0 bridgehead atoms. The molecular weight excluding hydrogens is 232 g/mol. The van der Waals surface area contributed by atoms with E-state index in [1.165, 1.54) is 0 Å². The first-order chi connectivity index (χ1) is 8.58. The molecule has 4 heteroatoms. The molecule has 0 saturated heterocycles. The first-order valence-electron chi connectivity index (χ1n) is 6.33. The topological polar surface area (TPSA) is 52.6 Å². The van der Waals surface area contributed by atoms with Gasteiger partial charge >= 0.3 is 11.9 Å². The lowest BCUT2D eigenvalue weighted by Gasteiger charge is -2.26. The van der Waals surface area contributed by atoms with Gasteiger partial charge in [-0.05, 0) is 27.2 Å². The summed E-state index contributed by atoms with van der Waals surface area (Å²) in [6, 6.07) is 0. The fourth-order valence-corrected chi connectivity index (χ4v) is 1.72. The molecular formula is C14H22O4. The lowest BCUT2D eigenvalue weighted by atomic mass is 9.80. The van der Waals surface area contributed by atoms with Crippen LogP contribution >= 0.6 is 0 Å². The number of carbonyl (C=O) groups excluding carboxylic acids is 2. The van der Waals surface area contributed by atoms with Crippen molar-refractivity contribution < 1.29 is 19.1 Å². The van der Waals surface area contributed by atoms with Gasteiger partial charge in [-0.25, -0.2) is 0 Å². The highest BCUT2D eigenvalue weighted by Crippen LogP contribution is 2.31. The summed E-state index contributed by atoms with van der Waals surface area (Å²) in [5.41, 5.74) is -1.27. The van der Waals surface area contributed by atoms with E-state index in [2.05, 4.69) is 11.8 Å². The van der Waals surface area contributed by atoms with Crippen LogP contribution in [0.5, 0.6) is 0 Å². The first-order valence-corrected chi connectivity index (χ1v) is 6.33. The highest BCUT2D eigenvalue weighted by atomic mass is 16.6. The lowest BCUT2D eigenvalue weighted by Crippen LogP contribution is -2.42. The van der Waals surface area contributed by atoms with Crippen LogP contribution in [-0.2, 0) is 19.1 Å². The molecule has 0 fully saturated rings. The molecule has 0 spiro atoms. The molecule has 4 nitrogen and oxygen atoms in total. The molecule has 0 aromatic rings. The quantitative estimate of drug-likeness (QED) is 0.397. The van der Waals surface area contributed by atoms with Crippen LogP contribution in [0.15, 0.2) is 0 Å². The number of rotatable bonds is 7. The molecule has 0 amide bonds. The molecule has 0 aromatic carbocycles. The highest BCUT2D eigenvalue weighted by Gasteiger charge is 2.47. The SMILES string of the molecule is CC#CCC(CCC)(C(=O)OCC)C(=O)OCC. The Bertz CT molecular complexity index is 317. The van der Waals surface area contributed by atoms with E-state index in [9.17, 15) is 9.59 Å². The van der Waals surface area contributed by atoms with E-state index in [0.717, 1.165) is 0 Å². The minimum Gasteiger partial charge on any atom is -0.465 e. The van der Waals surface area contributed by atoms with E-state index in [1.807, 2.05) is 6.92 Å². The summed E-state index contributed by atoms with van der Waals surface area (Å²) in [5.74, 6) is 4.44. The molecule has 0 aliphatic rings. The van der Waals surface area contributed by atoms with Crippen LogP contribution in [0.1, 0.15) is 47.0 Å². The fourth-order valence-electron chi connectivity index (χ4n) is 1.72. The van der Waals surface area contributed by atoms with Crippen LogP contribution in [0.25, 0.3) is 0 Å². The Hall–Kier alpha value is -1.50. The zero-order chi connectivity index (χ0) is 14.0. The van der Waals surface area contributed by atoms with Crippen LogP contribution < -0.4 is 0 Å².